The lowest BCUT2D eigenvalue weighted by molar-refractivity contribution is -0.192. The minimum atomic E-state index is -5.08. The predicted octanol–water partition coefficient (Wildman–Crippen LogP) is 4.11. The first kappa shape index (κ1) is 15.6. The van der Waals surface area contributed by atoms with Gasteiger partial charge < -0.3 is 9.84 Å². The first-order chi connectivity index (χ1) is 9.39. The van der Waals surface area contributed by atoms with Crippen LogP contribution in [0.25, 0.3) is 0 Å². The van der Waals surface area contributed by atoms with Gasteiger partial charge in [-0.3, -0.25) is 0 Å². The van der Waals surface area contributed by atoms with Gasteiger partial charge in [-0.05, 0) is 24.3 Å². The van der Waals surface area contributed by atoms with E-state index in [1.54, 1.807) is 0 Å². The Labute approximate surface area is 113 Å². The van der Waals surface area contributed by atoms with Gasteiger partial charge in [0.25, 0.3) is 0 Å². The molecule has 0 spiro atoms. The number of rotatable bonds is 2. The second-order valence-electron chi connectivity index (χ2n) is 3.53. The molecule has 20 heavy (non-hydrogen) atoms. The number of ether oxygens (including phenoxy) is 1. The van der Waals surface area contributed by atoms with Crippen molar-refractivity contribution in [3.63, 3.8) is 0 Å². The van der Waals surface area contributed by atoms with E-state index in [-0.39, 0.29) is 0 Å². The second kappa shape index (κ2) is 7.18. The molecule has 0 saturated heterocycles. The van der Waals surface area contributed by atoms with E-state index < -0.39 is 12.1 Å². The van der Waals surface area contributed by atoms with E-state index in [0.717, 1.165) is 11.5 Å². The van der Waals surface area contributed by atoms with E-state index in [1.807, 2.05) is 60.7 Å². The van der Waals surface area contributed by atoms with Gasteiger partial charge in [0, 0.05) is 0 Å². The van der Waals surface area contributed by atoms with Crippen LogP contribution in [-0.4, -0.2) is 17.3 Å². The second-order valence-corrected chi connectivity index (χ2v) is 3.53. The number of hydrogen-bond acceptors (Lipinski definition) is 2. The third kappa shape index (κ3) is 5.90. The van der Waals surface area contributed by atoms with Gasteiger partial charge in [0.05, 0.1) is 0 Å². The molecule has 0 aliphatic carbocycles. The zero-order valence-electron chi connectivity index (χ0n) is 10.2. The molecule has 2 aromatic carbocycles. The van der Waals surface area contributed by atoms with Gasteiger partial charge in [0.2, 0.25) is 0 Å². The monoisotopic (exact) mass is 284 g/mol. The maximum atomic E-state index is 10.6. The Kier molecular flexibility index (Phi) is 5.58. The molecule has 0 radical (unpaired) electrons. The van der Waals surface area contributed by atoms with Crippen LogP contribution >= 0.6 is 0 Å². The topological polar surface area (TPSA) is 46.5 Å². The van der Waals surface area contributed by atoms with Crippen molar-refractivity contribution in [1.82, 2.24) is 0 Å². The van der Waals surface area contributed by atoms with Crippen molar-refractivity contribution < 1.29 is 27.8 Å². The van der Waals surface area contributed by atoms with Gasteiger partial charge in [0.15, 0.2) is 0 Å². The molecule has 0 aliphatic rings. The lowest BCUT2D eigenvalue weighted by Crippen LogP contribution is -2.21. The minimum Gasteiger partial charge on any atom is -0.475 e. The first-order valence-electron chi connectivity index (χ1n) is 5.47. The Balaban J connectivity index is 0.000000246. The summed E-state index contributed by atoms with van der Waals surface area (Å²) in [7, 11) is 0. The fourth-order valence-electron chi connectivity index (χ4n) is 1.11. The number of benzene rings is 2. The van der Waals surface area contributed by atoms with Crippen LogP contribution < -0.4 is 4.74 Å². The molecule has 2 aromatic rings. The van der Waals surface area contributed by atoms with Gasteiger partial charge in [-0.15, -0.1) is 0 Å². The van der Waals surface area contributed by atoms with E-state index in [1.165, 1.54) is 0 Å². The van der Waals surface area contributed by atoms with E-state index in [4.69, 9.17) is 14.6 Å². The summed E-state index contributed by atoms with van der Waals surface area (Å²) in [5, 5.41) is 7.12. The standard InChI is InChI=1S/C12H10O.C2HF3O2/c1-3-7-11(8-4-1)13-12-9-5-2-6-10-12;3-2(4,5)1(6)7/h1-10H;(H,6,7). The number of alkyl halides is 3. The van der Waals surface area contributed by atoms with Crippen molar-refractivity contribution >= 4 is 5.97 Å². The van der Waals surface area contributed by atoms with Gasteiger partial charge in [-0.25, -0.2) is 4.79 Å². The van der Waals surface area contributed by atoms with E-state index in [9.17, 15) is 13.2 Å². The summed E-state index contributed by atoms with van der Waals surface area (Å²) < 4.78 is 37.3. The third-order valence-corrected chi connectivity index (χ3v) is 1.96. The van der Waals surface area contributed by atoms with Gasteiger partial charge in [0.1, 0.15) is 11.5 Å². The highest BCUT2D eigenvalue weighted by Crippen LogP contribution is 2.19. The number of hydrogen-bond donors (Lipinski definition) is 1. The van der Waals surface area contributed by atoms with Crippen molar-refractivity contribution in [1.29, 1.82) is 0 Å². The lowest BCUT2D eigenvalue weighted by Gasteiger charge is -2.03. The van der Waals surface area contributed by atoms with Crippen LogP contribution in [0.2, 0.25) is 0 Å². The molecular formula is C14H11F3O3. The molecule has 0 bridgehead atoms. The largest absolute Gasteiger partial charge is 0.490 e. The number of halogens is 3. The van der Waals surface area contributed by atoms with Crippen LogP contribution in [0.1, 0.15) is 0 Å². The van der Waals surface area contributed by atoms with Crippen molar-refractivity contribution in [2.24, 2.45) is 0 Å². The molecule has 0 heterocycles. The quantitative estimate of drug-likeness (QED) is 0.902. The van der Waals surface area contributed by atoms with Crippen LogP contribution in [0.5, 0.6) is 11.5 Å². The number of aliphatic carboxylic acids is 1. The maximum Gasteiger partial charge on any atom is 0.490 e. The lowest BCUT2D eigenvalue weighted by atomic mass is 10.3. The molecule has 0 unspecified atom stereocenters. The summed E-state index contributed by atoms with van der Waals surface area (Å²) in [5.74, 6) is -1.02. The zero-order valence-corrected chi connectivity index (χ0v) is 10.2. The Morgan fingerprint density at radius 2 is 1.15 bits per heavy atom. The molecule has 0 aromatic heterocycles. The van der Waals surface area contributed by atoms with Crippen molar-refractivity contribution in [2.75, 3.05) is 0 Å². The van der Waals surface area contributed by atoms with Crippen LogP contribution in [-0.2, 0) is 4.79 Å². The smallest absolute Gasteiger partial charge is 0.475 e. The average Bonchev–Trinajstić information content (AvgIpc) is 2.40. The summed E-state index contributed by atoms with van der Waals surface area (Å²) >= 11 is 0. The molecule has 0 saturated carbocycles. The molecular weight excluding hydrogens is 273 g/mol. The Morgan fingerprint density at radius 1 is 0.850 bits per heavy atom. The summed E-state index contributed by atoms with van der Waals surface area (Å²) in [6.07, 6.45) is -5.08. The van der Waals surface area contributed by atoms with Crippen molar-refractivity contribution in [3.8, 4) is 11.5 Å². The molecule has 6 heteroatoms. The van der Waals surface area contributed by atoms with E-state index in [0.29, 0.717) is 0 Å². The van der Waals surface area contributed by atoms with Crippen LogP contribution in [0.3, 0.4) is 0 Å². The third-order valence-electron chi connectivity index (χ3n) is 1.96. The van der Waals surface area contributed by atoms with Crippen molar-refractivity contribution in [2.45, 2.75) is 6.18 Å². The highest BCUT2D eigenvalue weighted by molar-refractivity contribution is 5.73. The normalized spacial score (nSPS) is 10.2. The minimum absolute atomic E-state index is 0.869. The van der Waals surface area contributed by atoms with Crippen LogP contribution in [0.4, 0.5) is 13.2 Å². The summed E-state index contributed by atoms with van der Waals surface area (Å²) in [5.41, 5.74) is 0. The number of para-hydroxylation sites is 2. The van der Waals surface area contributed by atoms with Gasteiger partial charge in [-0.2, -0.15) is 13.2 Å². The van der Waals surface area contributed by atoms with E-state index >= 15 is 0 Å². The van der Waals surface area contributed by atoms with Crippen LogP contribution in [0, 0.1) is 0 Å². The predicted molar refractivity (Wildman–Crippen MR) is 66.6 cm³/mol. The zero-order chi connectivity index (χ0) is 15.0. The molecule has 0 amide bonds. The number of carbonyl (C=O) groups is 1. The molecule has 1 N–H and O–H groups in total. The van der Waals surface area contributed by atoms with Gasteiger partial charge in [-0.1, -0.05) is 36.4 Å². The molecule has 0 aliphatic heterocycles. The molecule has 3 nitrogen and oxygen atoms in total. The number of carboxylic acid groups (broad SMARTS) is 1. The number of carboxylic acids is 1. The van der Waals surface area contributed by atoms with Gasteiger partial charge >= 0.3 is 12.1 Å². The SMILES string of the molecule is O=C(O)C(F)(F)F.c1ccc(Oc2ccccc2)cc1. The maximum absolute atomic E-state index is 10.6. The Bertz CT molecular complexity index is 487. The van der Waals surface area contributed by atoms with E-state index in [2.05, 4.69) is 0 Å². The molecule has 0 atom stereocenters. The fourth-order valence-corrected chi connectivity index (χ4v) is 1.11. The molecule has 0 fully saturated rings. The average molecular weight is 284 g/mol. The van der Waals surface area contributed by atoms with Crippen LogP contribution in [0.15, 0.2) is 60.7 Å². The highest BCUT2D eigenvalue weighted by Gasteiger charge is 2.38. The fraction of sp³-hybridized carbons (Fsp3) is 0.0714. The summed E-state index contributed by atoms with van der Waals surface area (Å²) in [6.45, 7) is 0. The van der Waals surface area contributed by atoms with Crippen molar-refractivity contribution in [3.05, 3.63) is 60.7 Å². The first-order valence-corrected chi connectivity index (χ1v) is 5.47. The summed E-state index contributed by atoms with van der Waals surface area (Å²) in [6, 6.07) is 19.5. The molecule has 2 rings (SSSR count). The molecule has 106 valence electrons. The summed E-state index contributed by atoms with van der Waals surface area (Å²) in [4.78, 5) is 8.90. The Hall–Kier alpha value is -2.50. The Morgan fingerprint density at radius 3 is 1.40 bits per heavy atom. The highest BCUT2D eigenvalue weighted by atomic mass is 19.4.